The van der Waals surface area contributed by atoms with E-state index in [2.05, 4.69) is 15.3 Å². The maximum absolute atomic E-state index is 13.2. The molecule has 0 saturated heterocycles. The molecule has 0 aliphatic heterocycles. The van der Waals surface area contributed by atoms with Crippen molar-refractivity contribution in [3.8, 4) is 0 Å². The smallest absolute Gasteiger partial charge is 0.393 e. The number of hydrogen-bond acceptors (Lipinski definition) is 5. The number of aryl methyl sites for hydroxylation is 2. The van der Waals surface area contributed by atoms with Gasteiger partial charge in [0.25, 0.3) is 0 Å². The Balaban J connectivity index is 1.72. The Kier molecular flexibility index (Phi) is 6.33. The third kappa shape index (κ3) is 4.96. The van der Waals surface area contributed by atoms with E-state index in [4.69, 9.17) is 0 Å². The first-order valence-electron chi connectivity index (χ1n) is 11.1. The molecule has 2 aromatic carbocycles. The normalized spacial score (nSPS) is 22.4. The van der Waals surface area contributed by atoms with Crippen LogP contribution in [0.5, 0.6) is 0 Å². The van der Waals surface area contributed by atoms with E-state index in [1.54, 1.807) is 19.9 Å². The van der Waals surface area contributed by atoms with E-state index in [0.717, 1.165) is 34.2 Å². The molecule has 0 spiro atoms. The summed E-state index contributed by atoms with van der Waals surface area (Å²) in [5, 5.41) is 24.5. The first kappa shape index (κ1) is 23.4. The molecule has 0 bridgehead atoms. The quantitative estimate of drug-likeness (QED) is 0.485. The molecule has 3 N–H and O–H groups in total. The zero-order valence-electron chi connectivity index (χ0n) is 18.8. The number of rotatable bonds is 4. The van der Waals surface area contributed by atoms with Gasteiger partial charge in [-0.3, -0.25) is 0 Å². The summed E-state index contributed by atoms with van der Waals surface area (Å²) in [6.45, 7) is 5.52. The molecule has 33 heavy (non-hydrogen) atoms. The largest absolute Gasteiger partial charge is 0.416 e. The number of hydrogen-bond donors (Lipinski definition) is 3. The lowest BCUT2D eigenvalue weighted by molar-refractivity contribution is -0.137. The number of alkyl halides is 3. The van der Waals surface area contributed by atoms with E-state index in [9.17, 15) is 23.4 Å². The number of benzene rings is 2. The number of nitrogens with zero attached hydrogens (tertiary/aromatic N) is 2. The molecule has 1 saturated carbocycles. The molecule has 0 radical (unpaired) electrons. The third-order valence-electron chi connectivity index (χ3n) is 6.41. The monoisotopic (exact) mass is 459 g/mol. The fraction of sp³-hybridized carbons (Fsp3) is 0.440. The fourth-order valence-corrected chi connectivity index (χ4v) is 4.66. The Labute approximate surface area is 190 Å². The molecule has 1 aliphatic carbocycles. The van der Waals surface area contributed by atoms with Crippen LogP contribution in [0, 0.1) is 13.8 Å². The fourth-order valence-electron chi connectivity index (χ4n) is 4.66. The Morgan fingerprint density at radius 2 is 1.82 bits per heavy atom. The Bertz CT molecular complexity index is 1170. The number of fused-ring (bicyclic) bond motifs is 1. The second-order valence-electron chi connectivity index (χ2n) is 8.98. The van der Waals surface area contributed by atoms with Crippen molar-refractivity contribution in [3.63, 3.8) is 0 Å². The second kappa shape index (κ2) is 8.91. The SMILES string of the molecule is Cc1nc(N[C@H](C)c2cccc(C(F)(F)F)c2)c2cc(C3CC[C@H](O)CC3O)cc(C)c2n1. The van der Waals surface area contributed by atoms with Crippen molar-refractivity contribution in [2.24, 2.45) is 0 Å². The van der Waals surface area contributed by atoms with Crippen molar-refractivity contribution >= 4 is 16.7 Å². The summed E-state index contributed by atoms with van der Waals surface area (Å²) < 4.78 is 39.5. The van der Waals surface area contributed by atoms with Crippen molar-refractivity contribution in [2.45, 2.75) is 70.4 Å². The molecular formula is C25H28F3N3O2. The highest BCUT2D eigenvalue weighted by Crippen LogP contribution is 2.37. The molecule has 0 amide bonds. The summed E-state index contributed by atoms with van der Waals surface area (Å²) in [5.41, 5.74) is 2.45. The molecule has 3 aromatic rings. The lowest BCUT2D eigenvalue weighted by Crippen LogP contribution is -2.30. The van der Waals surface area contributed by atoms with Crippen molar-refractivity contribution in [2.75, 3.05) is 5.32 Å². The van der Waals surface area contributed by atoms with Gasteiger partial charge in [-0.15, -0.1) is 0 Å². The molecular weight excluding hydrogens is 431 g/mol. The summed E-state index contributed by atoms with van der Waals surface area (Å²) in [5.74, 6) is 0.988. The van der Waals surface area contributed by atoms with Gasteiger partial charge in [0.2, 0.25) is 0 Å². The maximum atomic E-state index is 13.2. The Morgan fingerprint density at radius 3 is 2.52 bits per heavy atom. The Hall–Kier alpha value is -2.71. The van der Waals surface area contributed by atoms with E-state index in [-0.39, 0.29) is 5.92 Å². The van der Waals surface area contributed by atoms with Crippen molar-refractivity contribution in [1.29, 1.82) is 0 Å². The van der Waals surface area contributed by atoms with Crippen LogP contribution in [0.4, 0.5) is 19.0 Å². The van der Waals surface area contributed by atoms with Crippen LogP contribution in [0.15, 0.2) is 36.4 Å². The van der Waals surface area contributed by atoms with E-state index >= 15 is 0 Å². The molecule has 1 fully saturated rings. The molecule has 2 unspecified atom stereocenters. The molecule has 5 nitrogen and oxygen atoms in total. The summed E-state index contributed by atoms with van der Waals surface area (Å²) in [7, 11) is 0. The number of halogens is 3. The number of anilines is 1. The van der Waals surface area contributed by atoms with Crippen LogP contribution in [0.3, 0.4) is 0 Å². The minimum atomic E-state index is -4.41. The molecule has 1 heterocycles. The van der Waals surface area contributed by atoms with E-state index in [1.165, 1.54) is 6.07 Å². The van der Waals surface area contributed by atoms with Gasteiger partial charge in [-0.1, -0.05) is 18.2 Å². The van der Waals surface area contributed by atoms with Gasteiger partial charge in [0.1, 0.15) is 11.6 Å². The van der Waals surface area contributed by atoms with Gasteiger partial charge in [0.05, 0.1) is 23.3 Å². The van der Waals surface area contributed by atoms with Gasteiger partial charge in [-0.25, -0.2) is 9.97 Å². The first-order valence-corrected chi connectivity index (χ1v) is 11.1. The Morgan fingerprint density at radius 1 is 1.06 bits per heavy atom. The highest BCUT2D eigenvalue weighted by Gasteiger charge is 2.31. The van der Waals surface area contributed by atoms with E-state index in [1.807, 2.05) is 19.1 Å². The number of aromatic nitrogens is 2. The molecule has 4 rings (SSSR count). The zero-order valence-corrected chi connectivity index (χ0v) is 18.8. The summed E-state index contributed by atoms with van der Waals surface area (Å²) in [4.78, 5) is 9.13. The minimum Gasteiger partial charge on any atom is -0.393 e. The van der Waals surface area contributed by atoms with Crippen LogP contribution < -0.4 is 5.32 Å². The molecule has 1 aromatic heterocycles. The highest BCUT2D eigenvalue weighted by molar-refractivity contribution is 5.92. The number of aliphatic hydroxyl groups is 2. The standard InChI is InChI=1S/C25H28F3N3O2/c1-13-9-17(20-8-7-19(32)12-22(20)33)11-21-23(13)30-15(3)31-24(21)29-14(2)16-5-4-6-18(10-16)25(26,27)28/h4-6,9-11,14,19-20,22,32-33H,7-8,12H2,1-3H3,(H,29,30,31)/t14-,19+,20?,22?/m1/s1. The number of nitrogens with one attached hydrogen (secondary N) is 1. The summed E-state index contributed by atoms with van der Waals surface area (Å²) >= 11 is 0. The molecule has 8 heteroatoms. The van der Waals surface area contributed by atoms with Gasteiger partial charge >= 0.3 is 6.18 Å². The van der Waals surface area contributed by atoms with Crippen LogP contribution in [-0.2, 0) is 6.18 Å². The predicted octanol–water partition coefficient (Wildman–Crippen LogP) is 5.43. The maximum Gasteiger partial charge on any atom is 0.416 e. The van der Waals surface area contributed by atoms with Crippen molar-refractivity contribution < 1.29 is 23.4 Å². The first-order chi connectivity index (χ1) is 15.5. The molecule has 1 aliphatic rings. The lowest BCUT2D eigenvalue weighted by Gasteiger charge is -2.31. The summed E-state index contributed by atoms with van der Waals surface area (Å²) in [6.07, 6.45) is -3.91. The average molecular weight is 460 g/mol. The predicted molar refractivity (Wildman–Crippen MR) is 121 cm³/mol. The highest BCUT2D eigenvalue weighted by atomic mass is 19.4. The minimum absolute atomic E-state index is 0.105. The van der Waals surface area contributed by atoms with E-state index in [0.29, 0.717) is 36.5 Å². The van der Waals surface area contributed by atoms with E-state index < -0.39 is 30.0 Å². The number of aliphatic hydroxyl groups excluding tert-OH is 2. The zero-order chi connectivity index (χ0) is 23.9. The van der Waals surface area contributed by atoms with Crippen molar-refractivity contribution in [3.05, 3.63) is 64.5 Å². The van der Waals surface area contributed by atoms with Gasteiger partial charge in [0.15, 0.2) is 0 Å². The van der Waals surface area contributed by atoms with Gasteiger partial charge in [0, 0.05) is 17.3 Å². The van der Waals surface area contributed by atoms with Gasteiger partial charge in [-0.2, -0.15) is 13.2 Å². The van der Waals surface area contributed by atoms with Gasteiger partial charge in [-0.05, 0) is 74.9 Å². The second-order valence-corrected chi connectivity index (χ2v) is 8.98. The third-order valence-corrected chi connectivity index (χ3v) is 6.41. The van der Waals surface area contributed by atoms with Crippen LogP contribution in [0.2, 0.25) is 0 Å². The van der Waals surface area contributed by atoms with Crippen LogP contribution >= 0.6 is 0 Å². The summed E-state index contributed by atoms with van der Waals surface area (Å²) in [6, 6.07) is 8.81. The van der Waals surface area contributed by atoms with Crippen molar-refractivity contribution in [1.82, 2.24) is 9.97 Å². The van der Waals surface area contributed by atoms with Crippen LogP contribution in [-0.4, -0.2) is 32.4 Å². The van der Waals surface area contributed by atoms with Crippen LogP contribution in [0.25, 0.3) is 10.9 Å². The average Bonchev–Trinajstić information content (AvgIpc) is 2.74. The van der Waals surface area contributed by atoms with Crippen LogP contribution in [0.1, 0.15) is 66.2 Å². The lowest BCUT2D eigenvalue weighted by atomic mass is 9.79. The molecule has 176 valence electrons. The van der Waals surface area contributed by atoms with Gasteiger partial charge < -0.3 is 15.5 Å². The molecule has 4 atom stereocenters. The topological polar surface area (TPSA) is 78.3 Å².